The van der Waals surface area contributed by atoms with Gasteiger partial charge in [-0.15, -0.1) is 0 Å². The topological polar surface area (TPSA) is 20.3 Å². The maximum absolute atomic E-state index is 12.1. The molecule has 0 bridgehead atoms. The molecule has 2 nitrogen and oxygen atoms in total. The van der Waals surface area contributed by atoms with Gasteiger partial charge >= 0.3 is 58.4 Å². The minimum atomic E-state index is -4.71. The van der Waals surface area contributed by atoms with E-state index >= 15 is 0 Å². The molecule has 15 heavy (non-hydrogen) atoms. The Bertz CT molecular complexity index is 224. The zero-order chi connectivity index (χ0) is 10.8. The van der Waals surface area contributed by atoms with Crippen LogP contribution in [0.15, 0.2) is 0 Å². The number of hydrogen-bond donors (Lipinski definition) is 0. The average Bonchev–Trinajstić information content (AvgIpc) is 2.01. The Kier molecular flexibility index (Phi) is 7.06. The van der Waals surface area contributed by atoms with Gasteiger partial charge in [0.25, 0.3) is 0 Å². The van der Waals surface area contributed by atoms with Crippen LogP contribution in [-0.2, 0) is 4.79 Å². The maximum Gasteiger partial charge on any atom is 1.00 e. The molecule has 1 unspecified atom stereocenters. The molecule has 1 rings (SSSR count). The van der Waals surface area contributed by atoms with Gasteiger partial charge in [0.05, 0.1) is 0 Å². The number of hydrogen-bond acceptors (Lipinski definition) is 1. The van der Waals surface area contributed by atoms with Crippen LogP contribution in [0.25, 0.3) is 0 Å². The minimum Gasteiger partial charge on any atom is -0.449 e. The summed E-state index contributed by atoms with van der Waals surface area (Å²) < 4.78 is 36.4. The first-order chi connectivity index (χ1) is 6.38. The summed E-state index contributed by atoms with van der Waals surface area (Å²) in [6.07, 6.45) is 0.575. The second-order valence-corrected chi connectivity index (χ2v) is 3.92. The van der Waals surface area contributed by atoms with Crippen molar-refractivity contribution in [1.29, 1.82) is 0 Å². The van der Waals surface area contributed by atoms with Gasteiger partial charge in [-0.1, -0.05) is 6.32 Å². The fourth-order valence-electron chi connectivity index (χ4n) is 1.92. The molecule has 0 saturated carbocycles. The second kappa shape index (κ2) is 6.64. The van der Waals surface area contributed by atoms with Gasteiger partial charge in [-0.3, -0.25) is 4.79 Å². The first-order valence-electron chi connectivity index (χ1n) is 4.85. The van der Waals surface area contributed by atoms with Crippen molar-refractivity contribution < 1.29 is 69.1 Å². The van der Waals surface area contributed by atoms with Gasteiger partial charge in [-0.2, -0.15) is 0 Å². The van der Waals surface area contributed by atoms with Crippen LogP contribution in [0.4, 0.5) is 12.9 Å². The van der Waals surface area contributed by atoms with Crippen molar-refractivity contribution in [3.8, 4) is 0 Å². The van der Waals surface area contributed by atoms with Crippen molar-refractivity contribution in [3.05, 3.63) is 0 Å². The molecule has 0 aliphatic carbocycles. The predicted octanol–water partition coefficient (Wildman–Crippen LogP) is -0.904. The van der Waals surface area contributed by atoms with Gasteiger partial charge in [-0.05, 0) is 18.8 Å². The van der Waals surface area contributed by atoms with Crippen molar-refractivity contribution in [2.75, 3.05) is 13.1 Å². The number of amides is 1. The number of piperidine rings is 1. The van der Waals surface area contributed by atoms with Crippen LogP contribution >= 0.6 is 0 Å². The SMILES string of the molecule is CC(=O)N1CCCC(C[B-](F)(F)F)C1.[K+]. The van der Waals surface area contributed by atoms with Gasteiger partial charge < -0.3 is 17.8 Å². The number of carbonyl (C=O) groups excluding carboxylic acids is 1. The summed E-state index contributed by atoms with van der Waals surface area (Å²) in [5.74, 6) is -0.503. The van der Waals surface area contributed by atoms with Gasteiger partial charge in [-0.25, -0.2) is 0 Å². The summed E-state index contributed by atoms with van der Waals surface area (Å²) in [6.45, 7) is -2.42. The Morgan fingerprint density at radius 3 is 2.53 bits per heavy atom. The molecule has 1 fully saturated rings. The third-order valence-corrected chi connectivity index (χ3v) is 2.56. The summed E-state index contributed by atoms with van der Waals surface area (Å²) in [5.41, 5.74) is 0. The molecule has 0 aromatic heterocycles. The molecule has 0 radical (unpaired) electrons. The second-order valence-electron chi connectivity index (χ2n) is 3.92. The van der Waals surface area contributed by atoms with E-state index in [2.05, 4.69) is 0 Å². The Balaban J connectivity index is 0.00000196. The van der Waals surface area contributed by atoms with Crippen LogP contribution in [0.2, 0.25) is 6.32 Å². The van der Waals surface area contributed by atoms with E-state index in [1.807, 2.05) is 0 Å². The van der Waals surface area contributed by atoms with Crippen LogP contribution in [0.5, 0.6) is 0 Å². The maximum atomic E-state index is 12.1. The molecule has 1 amide bonds. The van der Waals surface area contributed by atoms with E-state index in [-0.39, 0.29) is 69.8 Å². The van der Waals surface area contributed by atoms with Crippen LogP contribution < -0.4 is 51.4 Å². The molecule has 7 heteroatoms. The number of nitrogens with zero attached hydrogens (tertiary/aromatic N) is 1. The Morgan fingerprint density at radius 1 is 1.47 bits per heavy atom. The van der Waals surface area contributed by atoms with E-state index in [1.54, 1.807) is 0 Å². The zero-order valence-electron chi connectivity index (χ0n) is 9.18. The molecule has 0 aromatic rings. The smallest absolute Gasteiger partial charge is 0.449 e. The fraction of sp³-hybridized carbons (Fsp3) is 0.875. The van der Waals surface area contributed by atoms with Crippen molar-refractivity contribution in [2.45, 2.75) is 26.1 Å². The molecule has 1 atom stereocenters. The first kappa shape index (κ1) is 16.0. The molecule has 1 saturated heterocycles. The van der Waals surface area contributed by atoms with Crippen LogP contribution in [0, 0.1) is 5.92 Å². The Hall–Kier alpha value is 0.961. The molecular formula is C8H14BF3KNO. The predicted molar refractivity (Wildman–Crippen MR) is 48.9 cm³/mol. The molecule has 0 spiro atoms. The molecule has 0 aromatic carbocycles. The molecule has 82 valence electrons. The standard InChI is InChI=1S/C8H14BF3NO.K/c1-7(14)13-4-2-3-8(6-13)5-9(10,11)12;/h8H,2-6H2,1H3;/q-1;+1. The van der Waals surface area contributed by atoms with Crippen molar-refractivity contribution in [1.82, 2.24) is 4.90 Å². The molecule has 1 aliphatic rings. The van der Waals surface area contributed by atoms with Gasteiger partial charge in [0, 0.05) is 20.0 Å². The molecule has 0 N–H and O–H groups in total. The van der Waals surface area contributed by atoms with E-state index in [0.29, 0.717) is 19.4 Å². The van der Waals surface area contributed by atoms with E-state index < -0.39 is 13.3 Å². The van der Waals surface area contributed by atoms with Gasteiger partial charge in [0.2, 0.25) is 5.91 Å². The molecular weight excluding hydrogens is 233 g/mol. The van der Waals surface area contributed by atoms with E-state index in [0.717, 1.165) is 0 Å². The monoisotopic (exact) mass is 247 g/mol. The fourth-order valence-corrected chi connectivity index (χ4v) is 1.92. The summed E-state index contributed by atoms with van der Waals surface area (Å²) in [7, 11) is 0. The zero-order valence-corrected chi connectivity index (χ0v) is 12.3. The number of likely N-dealkylation sites (tertiary alicyclic amines) is 1. The third-order valence-electron chi connectivity index (χ3n) is 2.56. The van der Waals surface area contributed by atoms with Crippen LogP contribution in [0.3, 0.4) is 0 Å². The average molecular weight is 247 g/mol. The van der Waals surface area contributed by atoms with E-state index in [9.17, 15) is 17.7 Å². The van der Waals surface area contributed by atoms with Gasteiger partial charge in [0.1, 0.15) is 0 Å². The number of carbonyl (C=O) groups is 1. The number of halogens is 3. The van der Waals surface area contributed by atoms with Crippen molar-refractivity contribution in [3.63, 3.8) is 0 Å². The van der Waals surface area contributed by atoms with Gasteiger partial charge in [0.15, 0.2) is 0 Å². The summed E-state index contributed by atoms with van der Waals surface area (Å²) in [4.78, 5) is 12.5. The molecule has 1 heterocycles. The number of rotatable bonds is 2. The summed E-state index contributed by atoms with van der Waals surface area (Å²) in [5, 5.41) is 0. The van der Waals surface area contributed by atoms with E-state index in [1.165, 1.54) is 11.8 Å². The first-order valence-corrected chi connectivity index (χ1v) is 4.85. The van der Waals surface area contributed by atoms with E-state index in [4.69, 9.17) is 0 Å². The van der Waals surface area contributed by atoms with Crippen molar-refractivity contribution in [2.24, 2.45) is 5.92 Å². The Labute approximate surface area is 130 Å². The van der Waals surface area contributed by atoms with Crippen molar-refractivity contribution >= 4 is 12.9 Å². The molecule has 1 aliphatic heterocycles. The summed E-state index contributed by atoms with van der Waals surface area (Å²) in [6, 6.07) is 0. The largest absolute Gasteiger partial charge is 1.00 e. The normalized spacial score (nSPS) is 22.1. The summed E-state index contributed by atoms with van der Waals surface area (Å²) >= 11 is 0. The third kappa shape index (κ3) is 6.31. The minimum absolute atomic E-state index is 0. The quantitative estimate of drug-likeness (QED) is 0.579. The Morgan fingerprint density at radius 2 is 2.07 bits per heavy atom. The van der Waals surface area contributed by atoms with Crippen LogP contribution in [-0.4, -0.2) is 30.9 Å². The van der Waals surface area contributed by atoms with Crippen LogP contribution in [0.1, 0.15) is 19.8 Å².